The molecule has 0 spiro atoms. The van der Waals surface area contributed by atoms with Gasteiger partial charge in [-0.3, -0.25) is 0 Å². The van der Waals surface area contributed by atoms with E-state index in [0.717, 1.165) is 0 Å². The van der Waals surface area contributed by atoms with Gasteiger partial charge in [-0.05, 0) is 0 Å². The van der Waals surface area contributed by atoms with E-state index in [1.165, 1.54) is 0 Å². The van der Waals surface area contributed by atoms with Gasteiger partial charge >= 0.3 is 0 Å². The van der Waals surface area contributed by atoms with Crippen LogP contribution in [0.15, 0.2) is 0 Å². The molecular formula is H10BaO5Si2. The Morgan fingerprint density at radius 3 is 0.375 bits per heavy atom. The van der Waals surface area contributed by atoms with Gasteiger partial charge in [0.05, 0.1) is 0 Å². The molecule has 5 nitrogen and oxygen atoms in total. The molecule has 10 radical (unpaired) electrons. The molecule has 0 bridgehead atoms. The van der Waals surface area contributed by atoms with Crippen molar-refractivity contribution in [2.45, 2.75) is 0 Å². The van der Waals surface area contributed by atoms with Crippen molar-refractivity contribution in [2.75, 3.05) is 0 Å². The fourth-order valence-electron chi connectivity index (χ4n) is 0. The van der Waals surface area contributed by atoms with E-state index >= 15 is 0 Å². The topological polar surface area (TPSA) is 158 Å². The summed E-state index contributed by atoms with van der Waals surface area (Å²) in [6, 6.07) is 0. The average molecular weight is 284 g/mol. The van der Waals surface area contributed by atoms with Crippen LogP contribution in [0.5, 0.6) is 0 Å². The molecule has 0 heterocycles. The Labute approximate surface area is 96.9 Å². The van der Waals surface area contributed by atoms with Gasteiger partial charge in [-0.1, -0.05) is 0 Å². The Morgan fingerprint density at radius 1 is 0.375 bits per heavy atom. The molecule has 0 fully saturated rings. The zero-order valence-electron chi connectivity index (χ0n) is 4.21. The summed E-state index contributed by atoms with van der Waals surface area (Å²) in [5.74, 6) is 0. The smallest absolute Gasteiger partial charge is 0 e. The summed E-state index contributed by atoms with van der Waals surface area (Å²) in [7, 11) is 0. The van der Waals surface area contributed by atoms with Gasteiger partial charge in [-0.2, -0.15) is 0 Å². The van der Waals surface area contributed by atoms with E-state index in [9.17, 15) is 0 Å². The third-order valence-corrected chi connectivity index (χ3v) is 0. The minimum Gasteiger partial charge on any atom is -0.412 e. The molecule has 0 aromatic carbocycles. The van der Waals surface area contributed by atoms with Gasteiger partial charge in [0.2, 0.25) is 0 Å². The molecule has 0 rings (SSSR count). The third-order valence-electron chi connectivity index (χ3n) is 0. The fraction of sp³-hybridized carbons (Fsp3) is 0. The van der Waals surface area contributed by atoms with Gasteiger partial charge < -0.3 is 27.4 Å². The summed E-state index contributed by atoms with van der Waals surface area (Å²) < 4.78 is 0. The van der Waals surface area contributed by atoms with Crippen molar-refractivity contribution in [1.82, 2.24) is 0 Å². The molecule has 0 aliphatic carbocycles. The van der Waals surface area contributed by atoms with Crippen molar-refractivity contribution >= 4 is 70.8 Å². The zero-order valence-corrected chi connectivity index (χ0v) is 10.6. The number of hydrogen-bond donors (Lipinski definition) is 0. The Balaban J connectivity index is 0. The Hall–Kier alpha value is 1.81. The second-order valence-electron chi connectivity index (χ2n) is 0. The maximum absolute atomic E-state index is 0. The van der Waals surface area contributed by atoms with Crippen LogP contribution in [0.2, 0.25) is 0 Å². The van der Waals surface area contributed by atoms with Gasteiger partial charge in [-0.15, -0.1) is 0 Å². The fourth-order valence-corrected chi connectivity index (χ4v) is 0. The van der Waals surface area contributed by atoms with E-state index in [2.05, 4.69) is 0 Å². The van der Waals surface area contributed by atoms with Crippen LogP contribution in [0.4, 0.5) is 0 Å². The van der Waals surface area contributed by atoms with Crippen molar-refractivity contribution in [3.05, 3.63) is 0 Å². The Morgan fingerprint density at radius 2 is 0.375 bits per heavy atom. The molecule has 0 aliphatic heterocycles. The second-order valence-corrected chi connectivity index (χ2v) is 0. The SMILES string of the molecule is O.O.O.O.O.[Ba].[Si].[Si]. The van der Waals surface area contributed by atoms with Crippen molar-refractivity contribution in [2.24, 2.45) is 0 Å². The van der Waals surface area contributed by atoms with Crippen molar-refractivity contribution in [1.29, 1.82) is 0 Å². The maximum atomic E-state index is 0. The van der Waals surface area contributed by atoms with Crippen LogP contribution < -0.4 is 0 Å². The molecular weight excluding hydrogens is 273 g/mol. The van der Waals surface area contributed by atoms with E-state index in [1.807, 2.05) is 0 Å². The first-order chi connectivity index (χ1) is 0. The monoisotopic (exact) mass is 284 g/mol. The quantitative estimate of drug-likeness (QED) is 0.389. The number of hydrogen-bond acceptors (Lipinski definition) is 0. The van der Waals surface area contributed by atoms with Crippen LogP contribution in [0.25, 0.3) is 0 Å². The van der Waals surface area contributed by atoms with Gasteiger partial charge in [0.15, 0.2) is 0 Å². The van der Waals surface area contributed by atoms with Crippen molar-refractivity contribution < 1.29 is 27.4 Å². The molecule has 10 N–H and O–H groups in total. The van der Waals surface area contributed by atoms with Crippen LogP contribution in [0, 0.1) is 0 Å². The first-order valence-electron chi connectivity index (χ1n) is 0. The first kappa shape index (κ1) is 233. The van der Waals surface area contributed by atoms with Gasteiger partial charge in [0, 0.05) is 70.8 Å². The molecule has 8 heteroatoms. The van der Waals surface area contributed by atoms with Crippen LogP contribution in [0.3, 0.4) is 0 Å². The first-order valence-corrected chi connectivity index (χ1v) is 0. The minimum atomic E-state index is 0. The Kier molecular flexibility index (Phi) is 4800. The van der Waals surface area contributed by atoms with E-state index in [1.54, 1.807) is 0 Å². The van der Waals surface area contributed by atoms with E-state index in [0.29, 0.717) is 0 Å². The predicted octanol–water partition coefficient (Wildman–Crippen LogP) is -5.27. The summed E-state index contributed by atoms with van der Waals surface area (Å²) in [6.45, 7) is 0. The standard InChI is InChI=1S/Ba.5H2O.2Si/h;5*1H2;;. The third kappa shape index (κ3) is 111. The average Bonchev–Trinajstić information content (AvgIpc) is 0. The molecule has 0 saturated carbocycles. The van der Waals surface area contributed by atoms with Crippen LogP contribution in [0.1, 0.15) is 0 Å². The Bertz CT molecular complexity index is 10.4. The summed E-state index contributed by atoms with van der Waals surface area (Å²) in [6.07, 6.45) is 0. The zero-order chi connectivity index (χ0) is 0. The van der Waals surface area contributed by atoms with Crippen LogP contribution in [-0.2, 0) is 0 Å². The molecule has 0 unspecified atom stereocenters. The van der Waals surface area contributed by atoms with Crippen molar-refractivity contribution in [3.8, 4) is 0 Å². The maximum Gasteiger partial charge on any atom is 0 e. The van der Waals surface area contributed by atoms with E-state index < -0.39 is 0 Å². The minimum absolute atomic E-state index is 0. The summed E-state index contributed by atoms with van der Waals surface area (Å²) in [5.41, 5.74) is 0. The molecule has 0 saturated heterocycles. The van der Waals surface area contributed by atoms with Gasteiger partial charge in [0.1, 0.15) is 0 Å². The molecule has 0 atom stereocenters. The van der Waals surface area contributed by atoms with Crippen molar-refractivity contribution in [3.63, 3.8) is 0 Å². The van der Waals surface area contributed by atoms with Gasteiger partial charge in [0.25, 0.3) is 0 Å². The van der Waals surface area contributed by atoms with E-state index in [4.69, 9.17) is 0 Å². The summed E-state index contributed by atoms with van der Waals surface area (Å²) >= 11 is 0. The van der Waals surface area contributed by atoms with Gasteiger partial charge in [-0.25, -0.2) is 0 Å². The second kappa shape index (κ2) is 165. The van der Waals surface area contributed by atoms with Crippen LogP contribution >= 0.6 is 0 Å². The molecule has 50 valence electrons. The molecule has 0 amide bonds. The number of rotatable bonds is 0. The van der Waals surface area contributed by atoms with E-state index in [-0.39, 0.29) is 98.2 Å². The normalized spacial score (nSPS) is 0. The summed E-state index contributed by atoms with van der Waals surface area (Å²) in [4.78, 5) is 0. The predicted molar refractivity (Wildman–Crippen MR) is 35.3 cm³/mol. The summed E-state index contributed by atoms with van der Waals surface area (Å²) in [5, 5.41) is 0. The molecule has 8 heavy (non-hydrogen) atoms. The molecule has 0 aromatic rings. The molecule has 0 aliphatic rings. The molecule has 0 aromatic heterocycles. The van der Waals surface area contributed by atoms with Crippen LogP contribution in [-0.4, -0.2) is 98.2 Å². The largest absolute Gasteiger partial charge is 0.412 e.